The monoisotopic (exact) mass is 255 g/mol. The Hall–Kier alpha value is -2.62. The van der Waals surface area contributed by atoms with Gasteiger partial charge in [0.25, 0.3) is 0 Å². The molecule has 0 aromatic heterocycles. The number of carboxylic acids is 1. The van der Waals surface area contributed by atoms with Crippen LogP contribution >= 0.6 is 0 Å². The quantitative estimate of drug-likeness (QED) is 0.854. The van der Waals surface area contributed by atoms with Crippen LogP contribution in [0.2, 0.25) is 0 Å². The van der Waals surface area contributed by atoms with Gasteiger partial charge in [-0.1, -0.05) is 0 Å². The third-order valence-electron chi connectivity index (χ3n) is 2.59. The number of aromatic carboxylic acids is 1. The third-order valence-corrected chi connectivity index (χ3v) is 2.59. The fraction of sp³-hybridized carbons (Fsp3) is 0.0667. The molecule has 0 atom stereocenters. The Morgan fingerprint density at radius 2 is 1.74 bits per heavy atom. The molecule has 0 saturated carbocycles. The van der Waals surface area contributed by atoms with Gasteiger partial charge in [-0.25, -0.2) is 4.79 Å². The highest BCUT2D eigenvalue weighted by molar-refractivity contribution is 5.88. The molecule has 0 saturated heterocycles. The molecular formula is C15H13NO3. The number of carbonyl (C=O) groups is 1. The summed E-state index contributed by atoms with van der Waals surface area (Å²) >= 11 is 0. The summed E-state index contributed by atoms with van der Waals surface area (Å²) in [6, 6.07) is 13.9. The Balaban J connectivity index is 2.10. The lowest BCUT2D eigenvalue weighted by Gasteiger charge is -1.99. The van der Waals surface area contributed by atoms with Gasteiger partial charge in [-0.15, -0.1) is 0 Å². The third kappa shape index (κ3) is 3.42. The molecule has 0 radical (unpaired) electrons. The Morgan fingerprint density at radius 1 is 1.11 bits per heavy atom. The number of nitrogens with zero attached hydrogens (tertiary/aromatic N) is 1. The van der Waals surface area contributed by atoms with Crippen LogP contribution in [0.3, 0.4) is 0 Å². The van der Waals surface area contributed by atoms with Crippen LogP contribution in [0.1, 0.15) is 15.9 Å². The maximum atomic E-state index is 10.7. The van der Waals surface area contributed by atoms with Crippen molar-refractivity contribution in [3.63, 3.8) is 0 Å². The number of aliphatic imine (C=N–C) groups is 1. The van der Waals surface area contributed by atoms with Crippen LogP contribution in [0.25, 0.3) is 0 Å². The van der Waals surface area contributed by atoms with Crippen molar-refractivity contribution in [1.82, 2.24) is 0 Å². The minimum absolute atomic E-state index is 0.253. The highest BCUT2D eigenvalue weighted by atomic mass is 16.5. The van der Waals surface area contributed by atoms with Gasteiger partial charge in [0.2, 0.25) is 0 Å². The number of ether oxygens (including phenoxy) is 1. The summed E-state index contributed by atoms with van der Waals surface area (Å²) in [5.74, 6) is -0.145. The molecule has 2 rings (SSSR count). The summed E-state index contributed by atoms with van der Waals surface area (Å²) in [4.78, 5) is 15.0. The lowest BCUT2D eigenvalue weighted by atomic mass is 10.2. The molecule has 0 spiro atoms. The summed E-state index contributed by atoms with van der Waals surface area (Å²) in [7, 11) is 1.62. The fourth-order valence-electron chi connectivity index (χ4n) is 1.53. The number of rotatable bonds is 4. The number of carboxylic acid groups (broad SMARTS) is 1. The highest BCUT2D eigenvalue weighted by Crippen LogP contribution is 2.14. The van der Waals surface area contributed by atoms with E-state index in [1.54, 1.807) is 25.5 Å². The average Bonchev–Trinajstić information content (AvgIpc) is 2.46. The van der Waals surface area contributed by atoms with E-state index in [9.17, 15) is 4.79 Å². The fourth-order valence-corrected chi connectivity index (χ4v) is 1.53. The van der Waals surface area contributed by atoms with E-state index in [1.807, 2.05) is 24.3 Å². The predicted octanol–water partition coefficient (Wildman–Crippen LogP) is 3.14. The first-order valence-corrected chi connectivity index (χ1v) is 5.70. The van der Waals surface area contributed by atoms with Crippen LogP contribution in [0, 0.1) is 0 Å². The Kier molecular flexibility index (Phi) is 3.93. The molecule has 0 aliphatic carbocycles. The molecule has 19 heavy (non-hydrogen) atoms. The van der Waals surface area contributed by atoms with Crippen LogP contribution in [-0.2, 0) is 0 Å². The van der Waals surface area contributed by atoms with E-state index in [2.05, 4.69) is 4.99 Å². The molecule has 4 nitrogen and oxygen atoms in total. The second-order valence-corrected chi connectivity index (χ2v) is 3.88. The van der Waals surface area contributed by atoms with E-state index >= 15 is 0 Å². The van der Waals surface area contributed by atoms with Crippen molar-refractivity contribution < 1.29 is 14.6 Å². The topological polar surface area (TPSA) is 58.9 Å². The van der Waals surface area contributed by atoms with Crippen molar-refractivity contribution in [1.29, 1.82) is 0 Å². The average molecular weight is 255 g/mol. The zero-order chi connectivity index (χ0) is 13.7. The largest absolute Gasteiger partial charge is 0.497 e. The predicted molar refractivity (Wildman–Crippen MR) is 73.6 cm³/mol. The normalized spacial score (nSPS) is 10.6. The van der Waals surface area contributed by atoms with E-state index in [4.69, 9.17) is 9.84 Å². The molecule has 4 heteroatoms. The van der Waals surface area contributed by atoms with Gasteiger partial charge in [0, 0.05) is 6.21 Å². The van der Waals surface area contributed by atoms with Gasteiger partial charge in [0.15, 0.2) is 0 Å². The van der Waals surface area contributed by atoms with Gasteiger partial charge in [-0.3, -0.25) is 4.99 Å². The number of hydrogen-bond acceptors (Lipinski definition) is 3. The second kappa shape index (κ2) is 5.82. The summed E-state index contributed by atoms with van der Waals surface area (Å²) < 4.78 is 5.07. The summed E-state index contributed by atoms with van der Waals surface area (Å²) in [5.41, 5.74) is 1.91. The van der Waals surface area contributed by atoms with Gasteiger partial charge in [0.1, 0.15) is 5.75 Å². The minimum Gasteiger partial charge on any atom is -0.497 e. The van der Waals surface area contributed by atoms with Crippen molar-refractivity contribution >= 4 is 17.9 Å². The molecule has 0 heterocycles. The van der Waals surface area contributed by atoms with Crippen molar-refractivity contribution in [3.8, 4) is 5.75 Å². The van der Waals surface area contributed by atoms with Crippen LogP contribution in [-0.4, -0.2) is 24.4 Å². The van der Waals surface area contributed by atoms with E-state index in [0.717, 1.165) is 11.3 Å². The van der Waals surface area contributed by atoms with E-state index < -0.39 is 5.97 Å². The standard InChI is InChI=1S/C15H13NO3/c1-19-14-8-2-11(3-9-14)10-16-13-6-4-12(5-7-13)15(17)18/h2-10H,1H3,(H,17,18)/b16-10+. The first kappa shape index (κ1) is 12.8. The second-order valence-electron chi connectivity index (χ2n) is 3.88. The SMILES string of the molecule is COc1ccc(/C=N/c2ccc(C(=O)O)cc2)cc1. The van der Waals surface area contributed by atoms with Crippen molar-refractivity contribution in [2.45, 2.75) is 0 Å². The molecule has 0 fully saturated rings. The van der Waals surface area contributed by atoms with Crippen LogP contribution in [0.15, 0.2) is 53.5 Å². The van der Waals surface area contributed by atoms with Crippen molar-refractivity contribution in [2.24, 2.45) is 4.99 Å². The molecule has 2 aromatic carbocycles. The van der Waals surface area contributed by atoms with Crippen molar-refractivity contribution in [3.05, 3.63) is 59.7 Å². The van der Waals surface area contributed by atoms with Gasteiger partial charge in [-0.05, 0) is 54.1 Å². The maximum absolute atomic E-state index is 10.7. The minimum atomic E-state index is -0.939. The Morgan fingerprint density at radius 3 is 2.26 bits per heavy atom. The molecule has 2 aromatic rings. The zero-order valence-electron chi connectivity index (χ0n) is 10.4. The highest BCUT2D eigenvalue weighted by Gasteiger charge is 2.00. The molecule has 0 aliphatic heterocycles. The van der Waals surface area contributed by atoms with Crippen LogP contribution in [0.4, 0.5) is 5.69 Å². The smallest absolute Gasteiger partial charge is 0.335 e. The van der Waals surface area contributed by atoms with E-state index in [0.29, 0.717) is 5.69 Å². The van der Waals surface area contributed by atoms with E-state index in [1.165, 1.54) is 12.1 Å². The Bertz CT molecular complexity index is 586. The maximum Gasteiger partial charge on any atom is 0.335 e. The molecule has 0 aliphatic rings. The lowest BCUT2D eigenvalue weighted by molar-refractivity contribution is 0.0697. The number of methoxy groups -OCH3 is 1. The van der Waals surface area contributed by atoms with Crippen LogP contribution in [0.5, 0.6) is 5.75 Å². The van der Waals surface area contributed by atoms with Gasteiger partial charge in [0.05, 0.1) is 18.4 Å². The van der Waals surface area contributed by atoms with Gasteiger partial charge in [-0.2, -0.15) is 0 Å². The number of benzene rings is 2. The van der Waals surface area contributed by atoms with Crippen LogP contribution < -0.4 is 4.74 Å². The molecule has 0 unspecified atom stereocenters. The first-order chi connectivity index (χ1) is 9.19. The Labute approximate surface area is 111 Å². The van der Waals surface area contributed by atoms with Crippen molar-refractivity contribution in [2.75, 3.05) is 7.11 Å². The zero-order valence-corrected chi connectivity index (χ0v) is 10.4. The molecule has 0 amide bonds. The molecular weight excluding hydrogens is 242 g/mol. The summed E-state index contributed by atoms with van der Waals surface area (Å²) in [6.07, 6.45) is 1.72. The molecule has 1 N–H and O–H groups in total. The summed E-state index contributed by atoms with van der Waals surface area (Å²) in [5, 5.41) is 8.78. The van der Waals surface area contributed by atoms with Gasteiger partial charge >= 0.3 is 5.97 Å². The number of hydrogen-bond donors (Lipinski definition) is 1. The lowest BCUT2D eigenvalue weighted by Crippen LogP contribution is -1.94. The molecule has 0 bridgehead atoms. The van der Waals surface area contributed by atoms with Gasteiger partial charge < -0.3 is 9.84 Å². The molecule has 96 valence electrons. The first-order valence-electron chi connectivity index (χ1n) is 5.70. The summed E-state index contributed by atoms with van der Waals surface area (Å²) in [6.45, 7) is 0. The van der Waals surface area contributed by atoms with E-state index in [-0.39, 0.29) is 5.56 Å².